The van der Waals surface area contributed by atoms with Gasteiger partial charge in [-0.1, -0.05) is 18.2 Å². The maximum atomic E-state index is 11.7. The number of rotatable bonds is 2. The molecule has 86 valence electrons. The van der Waals surface area contributed by atoms with E-state index in [-0.39, 0.29) is 12.0 Å². The van der Waals surface area contributed by atoms with Gasteiger partial charge < -0.3 is 9.64 Å². The molecule has 1 heterocycles. The molecule has 0 fully saturated rings. The number of hydrogen-bond acceptors (Lipinski definition) is 3. The monoisotopic (exact) mass is 219 g/mol. The number of esters is 1. The van der Waals surface area contributed by atoms with Crippen molar-refractivity contribution in [1.29, 1.82) is 0 Å². The minimum atomic E-state index is -0.164. The molecule has 0 saturated carbocycles. The molecular formula is C13H17NO2. The van der Waals surface area contributed by atoms with E-state index in [1.807, 2.05) is 12.1 Å². The van der Waals surface area contributed by atoms with Crippen molar-refractivity contribution in [2.45, 2.75) is 32.4 Å². The molecule has 0 radical (unpaired) electrons. The Bertz CT molecular complexity index is 401. The second-order valence-electron chi connectivity index (χ2n) is 4.37. The van der Waals surface area contributed by atoms with Crippen molar-refractivity contribution in [1.82, 2.24) is 0 Å². The largest absolute Gasteiger partial charge is 0.467 e. The van der Waals surface area contributed by atoms with Crippen LogP contribution in [0.25, 0.3) is 0 Å². The molecule has 0 amide bonds. The zero-order valence-electron chi connectivity index (χ0n) is 9.93. The molecule has 0 bridgehead atoms. The highest BCUT2D eigenvalue weighted by Crippen LogP contribution is 2.33. The molecule has 0 N–H and O–H groups in total. The summed E-state index contributed by atoms with van der Waals surface area (Å²) in [4.78, 5) is 13.9. The maximum absolute atomic E-state index is 11.7. The third-order valence-electron chi connectivity index (χ3n) is 3.05. The topological polar surface area (TPSA) is 29.5 Å². The van der Waals surface area contributed by atoms with Gasteiger partial charge in [0, 0.05) is 18.2 Å². The number of anilines is 1. The molecule has 0 aliphatic carbocycles. The van der Waals surface area contributed by atoms with E-state index >= 15 is 0 Å². The van der Waals surface area contributed by atoms with Gasteiger partial charge in [0.1, 0.15) is 6.04 Å². The second kappa shape index (κ2) is 4.16. The first-order chi connectivity index (χ1) is 7.65. The minimum Gasteiger partial charge on any atom is -0.467 e. The van der Waals surface area contributed by atoms with Crippen molar-refractivity contribution >= 4 is 11.7 Å². The lowest BCUT2D eigenvalue weighted by Gasteiger charge is -2.29. The van der Waals surface area contributed by atoms with E-state index in [2.05, 4.69) is 30.9 Å². The zero-order chi connectivity index (χ0) is 11.7. The Hall–Kier alpha value is -1.51. The molecular weight excluding hydrogens is 202 g/mol. The summed E-state index contributed by atoms with van der Waals surface area (Å²) in [6.45, 7) is 4.19. The SMILES string of the molecule is COC(=O)C1Cc2ccccc2N1C(C)C. The zero-order valence-corrected chi connectivity index (χ0v) is 9.93. The molecule has 0 aromatic heterocycles. The molecule has 1 aliphatic heterocycles. The summed E-state index contributed by atoms with van der Waals surface area (Å²) in [7, 11) is 1.45. The Kier molecular flexibility index (Phi) is 2.86. The highest BCUT2D eigenvalue weighted by atomic mass is 16.5. The minimum absolute atomic E-state index is 0.148. The molecule has 1 aliphatic rings. The van der Waals surface area contributed by atoms with Crippen LogP contribution in [-0.2, 0) is 16.0 Å². The number of para-hydroxylation sites is 1. The van der Waals surface area contributed by atoms with Gasteiger partial charge in [0.15, 0.2) is 0 Å². The van der Waals surface area contributed by atoms with Crippen molar-refractivity contribution in [3.8, 4) is 0 Å². The Morgan fingerprint density at radius 3 is 2.75 bits per heavy atom. The highest BCUT2D eigenvalue weighted by Gasteiger charge is 2.36. The lowest BCUT2D eigenvalue weighted by Crippen LogP contribution is -2.43. The van der Waals surface area contributed by atoms with Crippen LogP contribution in [0.3, 0.4) is 0 Å². The molecule has 3 heteroatoms. The summed E-state index contributed by atoms with van der Waals surface area (Å²) in [5.74, 6) is -0.148. The number of benzene rings is 1. The van der Waals surface area contributed by atoms with E-state index in [1.54, 1.807) is 0 Å². The molecule has 0 saturated heterocycles. The summed E-state index contributed by atoms with van der Waals surface area (Å²) >= 11 is 0. The second-order valence-corrected chi connectivity index (χ2v) is 4.37. The smallest absolute Gasteiger partial charge is 0.328 e. The fraction of sp³-hybridized carbons (Fsp3) is 0.462. The van der Waals surface area contributed by atoms with Gasteiger partial charge in [0.2, 0.25) is 0 Å². The molecule has 16 heavy (non-hydrogen) atoms. The Labute approximate surface area is 96.0 Å². The van der Waals surface area contributed by atoms with Crippen LogP contribution in [0.1, 0.15) is 19.4 Å². The van der Waals surface area contributed by atoms with Crippen molar-refractivity contribution < 1.29 is 9.53 Å². The fourth-order valence-electron chi connectivity index (χ4n) is 2.38. The summed E-state index contributed by atoms with van der Waals surface area (Å²) in [6, 6.07) is 8.30. The number of carbonyl (C=O) groups excluding carboxylic acids is 1. The summed E-state index contributed by atoms with van der Waals surface area (Å²) in [5, 5.41) is 0. The molecule has 2 rings (SSSR count). The number of nitrogens with zero attached hydrogens (tertiary/aromatic N) is 1. The van der Waals surface area contributed by atoms with Crippen LogP contribution in [0.2, 0.25) is 0 Å². The third kappa shape index (κ3) is 1.66. The molecule has 1 aromatic carbocycles. The van der Waals surface area contributed by atoms with Gasteiger partial charge in [-0.25, -0.2) is 4.79 Å². The normalized spacial score (nSPS) is 18.8. The van der Waals surface area contributed by atoms with Crippen LogP contribution < -0.4 is 4.90 Å². The van der Waals surface area contributed by atoms with E-state index in [4.69, 9.17) is 4.74 Å². The van der Waals surface area contributed by atoms with E-state index in [9.17, 15) is 4.79 Å². The summed E-state index contributed by atoms with van der Waals surface area (Å²) in [6.07, 6.45) is 0.751. The predicted molar refractivity (Wildman–Crippen MR) is 63.6 cm³/mol. The molecule has 3 nitrogen and oxygen atoms in total. The maximum Gasteiger partial charge on any atom is 0.328 e. The van der Waals surface area contributed by atoms with Gasteiger partial charge in [-0.15, -0.1) is 0 Å². The van der Waals surface area contributed by atoms with Gasteiger partial charge in [0.05, 0.1) is 7.11 Å². The molecule has 1 unspecified atom stereocenters. The van der Waals surface area contributed by atoms with Gasteiger partial charge in [-0.3, -0.25) is 0 Å². The van der Waals surface area contributed by atoms with Crippen LogP contribution >= 0.6 is 0 Å². The van der Waals surface area contributed by atoms with Gasteiger partial charge in [-0.05, 0) is 25.5 Å². The van der Waals surface area contributed by atoms with E-state index in [0.29, 0.717) is 6.04 Å². The lowest BCUT2D eigenvalue weighted by molar-refractivity contribution is -0.142. The molecule has 1 atom stereocenters. The summed E-state index contributed by atoms with van der Waals surface area (Å²) in [5.41, 5.74) is 2.39. The third-order valence-corrected chi connectivity index (χ3v) is 3.05. The van der Waals surface area contributed by atoms with Crippen molar-refractivity contribution in [3.05, 3.63) is 29.8 Å². The van der Waals surface area contributed by atoms with Crippen LogP contribution in [0, 0.1) is 0 Å². The Balaban J connectivity index is 2.37. The van der Waals surface area contributed by atoms with Crippen molar-refractivity contribution in [2.75, 3.05) is 12.0 Å². The van der Waals surface area contributed by atoms with Crippen LogP contribution in [0.5, 0.6) is 0 Å². The number of methoxy groups -OCH3 is 1. The first kappa shape index (κ1) is 11.0. The predicted octanol–water partition coefficient (Wildman–Crippen LogP) is 2.00. The van der Waals surface area contributed by atoms with Crippen LogP contribution in [0.15, 0.2) is 24.3 Å². The average molecular weight is 219 g/mol. The number of carbonyl (C=O) groups is 1. The number of ether oxygens (including phenoxy) is 1. The average Bonchev–Trinajstić information content (AvgIpc) is 2.67. The van der Waals surface area contributed by atoms with E-state index < -0.39 is 0 Å². The number of fused-ring (bicyclic) bond motifs is 1. The number of hydrogen-bond donors (Lipinski definition) is 0. The first-order valence-electron chi connectivity index (χ1n) is 5.59. The Morgan fingerprint density at radius 2 is 2.12 bits per heavy atom. The van der Waals surface area contributed by atoms with Crippen molar-refractivity contribution in [2.24, 2.45) is 0 Å². The molecule has 0 spiro atoms. The van der Waals surface area contributed by atoms with Gasteiger partial charge >= 0.3 is 5.97 Å². The van der Waals surface area contributed by atoms with Crippen molar-refractivity contribution in [3.63, 3.8) is 0 Å². The van der Waals surface area contributed by atoms with E-state index in [1.165, 1.54) is 12.7 Å². The quantitative estimate of drug-likeness (QED) is 0.712. The first-order valence-corrected chi connectivity index (χ1v) is 5.59. The van der Waals surface area contributed by atoms with E-state index in [0.717, 1.165) is 12.1 Å². The summed E-state index contributed by atoms with van der Waals surface area (Å²) < 4.78 is 4.87. The van der Waals surface area contributed by atoms with Crippen LogP contribution in [0.4, 0.5) is 5.69 Å². The molecule has 1 aromatic rings. The Morgan fingerprint density at radius 1 is 1.44 bits per heavy atom. The van der Waals surface area contributed by atoms with Crippen LogP contribution in [-0.4, -0.2) is 25.2 Å². The highest BCUT2D eigenvalue weighted by molar-refractivity contribution is 5.84. The van der Waals surface area contributed by atoms with Gasteiger partial charge in [-0.2, -0.15) is 0 Å². The lowest BCUT2D eigenvalue weighted by atomic mass is 10.1. The van der Waals surface area contributed by atoms with Gasteiger partial charge in [0.25, 0.3) is 0 Å². The standard InChI is InChI=1S/C13H17NO2/c1-9(2)14-11-7-5-4-6-10(11)8-12(14)13(15)16-3/h4-7,9,12H,8H2,1-3H3. The fourth-order valence-corrected chi connectivity index (χ4v) is 2.38.